The van der Waals surface area contributed by atoms with E-state index in [9.17, 15) is 9.59 Å². The monoisotopic (exact) mass is 214 g/mol. The molecule has 0 aromatic heterocycles. The zero-order valence-electron chi connectivity index (χ0n) is 8.82. The maximum Gasteiger partial charge on any atom is 0.236 e. The average molecular weight is 214 g/mol. The number of hydrogen-bond acceptors (Lipinski definition) is 4. The summed E-state index contributed by atoms with van der Waals surface area (Å²) in [7, 11) is 0. The molecule has 0 radical (unpaired) electrons. The first kappa shape index (κ1) is 11.9. The van der Waals surface area contributed by atoms with Gasteiger partial charge in [0.25, 0.3) is 0 Å². The van der Waals surface area contributed by atoms with Crippen LogP contribution in [0.25, 0.3) is 0 Å². The van der Waals surface area contributed by atoms with Crippen molar-refractivity contribution in [2.75, 3.05) is 39.3 Å². The predicted molar refractivity (Wildman–Crippen MR) is 55.9 cm³/mol. The molecule has 1 rings (SSSR count). The van der Waals surface area contributed by atoms with E-state index in [1.807, 2.05) is 4.90 Å². The number of amides is 2. The molecule has 1 heterocycles. The molecule has 0 unspecified atom stereocenters. The molecule has 0 bridgehead atoms. The quantitative estimate of drug-likeness (QED) is 0.566. The number of carbonyl (C=O) groups excluding carboxylic acids is 2. The highest BCUT2D eigenvalue weighted by Crippen LogP contribution is 2.02. The Morgan fingerprint density at radius 1 is 1.13 bits per heavy atom. The van der Waals surface area contributed by atoms with Crippen molar-refractivity contribution in [3.05, 3.63) is 0 Å². The van der Waals surface area contributed by atoms with E-state index in [0.717, 1.165) is 13.0 Å². The Labute approximate surface area is 89.2 Å². The van der Waals surface area contributed by atoms with Crippen LogP contribution < -0.4 is 11.5 Å². The molecular formula is C9H18N4O2. The second-order valence-corrected chi connectivity index (χ2v) is 3.68. The van der Waals surface area contributed by atoms with Gasteiger partial charge in [-0.05, 0) is 6.42 Å². The van der Waals surface area contributed by atoms with E-state index in [2.05, 4.69) is 0 Å². The molecule has 4 N–H and O–H groups in total. The summed E-state index contributed by atoms with van der Waals surface area (Å²) >= 11 is 0. The molecule has 1 fully saturated rings. The maximum absolute atomic E-state index is 11.3. The minimum absolute atomic E-state index is 0.0316. The van der Waals surface area contributed by atoms with Crippen molar-refractivity contribution in [3.63, 3.8) is 0 Å². The van der Waals surface area contributed by atoms with Crippen molar-refractivity contribution in [1.82, 2.24) is 9.80 Å². The fraction of sp³-hybridized carbons (Fsp3) is 0.778. The SMILES string of the molecule is NCC(=O)N1CCCN(CC(N)=O)CC1. The first-order valence-corrected chi connectivity index (χ1v) is 5.12. The van der Waals surface area contributed by atoms with Gasteiger partial charge in [0.05, 0.1) is 13.1 Å². The molecule has 2 amide bonds. The highest BCUT2D eigenvalue weighted by Gasteiger charge is 2.18. The third kappa shape index (κ3) is 3.85. The number of rotatable bonds is 3. The molecule has 1 saturated heterocycles. The predicted octanol–water partition coefficient (Wildman–Crippen LogP) is -2.04. The van der Waals surface area contributed by atoms with Crippen LogP contribution in [0.4, 0.5) is 0 Å². The zero-order valence-corrected chi connectivity index (χ0v) is 8.82. The van der Waals surface area contributed by atoms with E-state index < -0.39 is 0 Å². The van der Waals surface area contributed by atoms with Crippen molar-refractivity contribution >= 4 is 11.8 Å². The van der Waals surface area contributed by atoms with Crippen molar-refractivity contribution in [2.45, 2.75) is 6.42 Å². The van der Waals surface area contributed by atoms with Crippen LogP contribution in [-0.4, -0.2) is 60.9 Å². The van der Waals surface area contributed by atoms with Crippen LogP contribution in [0.3, 0.4) is 0 Å². The van der Waals surface area contributed by atoms with E-state index >= 15 is 0 Å². The topological polar surface area (TPSA) is 92.7 Å². The van der Waals surface area contributed by atoms with Crippen LogP contribution in [0.2, 0.25) is 0 Å². The van der Waals surface area contributed by atoms with Crippen LogP contribution in [0.1, 0.15) is 6.42 Å². The van der Waals surface area contributed by atoms with Gasteiger partial charge in [-0.25, -0.2) is 0 Å². The normalized spacial score (nSPS) is 18.6. The van der Waals surface area contributed by atoms with Gasteiger partial charge in [0.1, 0.15) is 0 Å². The summed E-state index contributed by atoms with van der Waals surface area (Å²) in [6, 6.07) is 0. The second-order valence-electron chi connectivity index (χ2n) is 3.68. The lowest BCUT2D eigenvalue weighted by molar-refractivity contribution is -0.129. The van der Waals surface area contributed by atoms with Gasteiger partial charge in [0, 0.05) is 26.2 Å². The van der Waals surface area contributed by atoms with E-state index in [0.29, 0.717) is 19.6 Å². The summed E-state index contributed by atoms with van der Waals surface area (Å²) in [6.07, 6.45) is 0.860. The molecule has 0 aliphatic carbocycles. The van der Waals surface area contributed by atoms with Crippen LogP contribution in [-0.2, 0) is 9.59 Å². The van der Waals surface area contributed by atoms with Gasteiger partial charge in [0.15, 0.2) is 0 Å². The third-order valence-corrected chi connectivity index (χ3v) is 2.50. The standard InChI is InChI=1S/C9H18N4O2/c10-6-9(15)13-3-1-2-12(4-5-13)7-8(11)14/h1-7,10H2,(H2,11,14). The molecule has 0 atom stereocenters. The van der Waals surface area contributed by atoms with E-state index in [1.165, 1.54) is 0 Å². The Hall–Kier alpha value is -1.14. The Bertz CT molecular complexity index is 244. The summed E-state index contributed by atoms with van der Waals surface area (Å²) in [4.78, 5) is 25.8. The molecule has 1 aliphatic rings. The number of nitrogens with two attached hydrogens (primary N) is 2. The Morgan fingerprint density at radius 2 is 1.87 bits per heavy atom. The van der Waals surface area contributed by atoms with Crippen LogP contribution in [0, 0.1) is 0 Å². The summed E-state index contributed by atoms with van der Waals surface area (Å²) in [5, 5.41) is 0. The molecular weight excluding hydrogens is 196 g/mol. The first-order valence-electron chi connectivity index (χ1n) is 5.12. The van der Waals surface area contributed by atoms with Gasteiger partial charge in [0.2, 0.25) is 11.8 Å². The summed E-state index contributed by atoms with van der Waals surface area (Å²) in [5.41, 5.74) is 10.4. The van der Waals surface area contributed by atoms with Crippen molar-refractivity contribution in [3.8, 4) is 0 Å². The summed E-state index contributed by atoms with van der Waals surface area (Å²) < 4.78 is 0. The van der Waals surface area contributed by atoms with Crippen LogP contribution in [0.5, 0.6) is 0 Å². The zero-order chi connectivity index (χ0) is 11.3. The van der Waals surface area contributed by atoms with E-state index in [4.69, 9.17) is 11.5 Å². The van der Waals surface area contributed by atoms with E-state index in [-0.39, 0.29) is 24.9 Å². The Kier molecular flexibility index (Phi) is 4.51. The third-order valence-electron chi connectivity index (χ3n) is 2.50. The highest BCUT2D eigenvalue weighted by atomic mass is 16.2. The van der Waals surface area contributed by atoms with Gasteiger partial charge in [-0.15, -0.1) is 0 Å². The molecule has 86 valence electrons. The number of hydrogen-bond donors (Lipinski definition) is 2. The van der Waals surface area contributed by atoms with Crippen molar-refractivity contribution in [2.24, 2.45) is 11.5 Å². The molecule has 6 heteroatoms. The highest BCUT2D eigenvalue weighted by molar-refractivity contribution is 5.78. The summed E-state index contributed by atoms with van der Waals surface area (Å²) in [5.74, 6) is -0.357. The lowest BCUT2D eigenvalue weighted by Crippen LogP contribution is -2.40. The van der Waals surface area contributed by atoms with Crippen LogP contribution in [0.15, 0.2) is 0 Å². The molecule has 6 nitrogen and oxygen atoms in total. The Balaban J connectivity index is 2.41. The number of nitrogens with zero attached hydrogens (tertiary/aromatic N) is 2. The fourth-order valence-corrected chi connectivity index (χ4v) is 1.73. The van der Waals surface area contributed by atoms with Crippen molar-refractivity contribution < 1.29 is 9.59 Å². The van der Waals surface area contributed by atoms with Gasteiger partial charge in [-0.1, -0.05) is 0 Å². The van der Waals surface area contributed by atoms with Gasteiger partial charge >= 0.3 is 0 Å². The number of primary amides is 1. The number of carbonyl (C=O) groups is 2. The molecule has 0 saturated carbocycles. The van der Waals surface area contributed by atoms with E-state index in [1.54, 1.807) is 4.90 Å². The molecule has 0 aromatic carbocycles. The van der Waals surface area contributed by atoms with Crippen LogP contribution >= 0.6 is 0 Å². The smallest absolute Gasteiger partial charge is 0.236 e. The Morgan fingerprint density at radius 3 is 2.47 bits per heavy atom. The lowest BCUT2D eigenvalue weighted by atomic mass is 10.3. The van der Waals surface area contributed by atoms with Gasteiger partial charge in [-0.3, -0.25) is 14.5 Å². The minimum atomic E-state index is -0.325. The summed E-state index contributed by atoms with van der Waals surface area (Å²) in [6.45, 7) is 3.15. The van der Waals surface area contributed by atoms with Crippen molar-refractivity contribution in [1.29, 1.82) is 0 Å². The fourth-order valence-electron chi connectivity index (χ4n) is 1.73. The largest absolute Gasteiger partial charge is 0.369 e. The minimum Gasteiger partial charge on any atom is -0.369 e. The maximum atomic E-state index is 11.3. The first-order chi connectivity index (χ1) is 7.13. The molecule has 0 spiro atoms. The van der Waals surface area contributed by atoms with Gasteiger partial charge in [-0.2, -0.15) is 0 Å². The average Bonchev–Trinajstić information content (AvgIpc) is 2.41. The molecule has 0 aromatic rings. The molecule has 1 aliphatic heterocycles. The second kappa shape index (κ2) is 5.67. The lowest BCUT2D eigenvalue weighted by Gasteiger charge is -2.20. The van der Waals surface area contributed by atoms with Gasteiger partial charge < -0.3 is 16.4 Å². The molecule has 15 heavy (non-hydrogen) atoms.